The number of rotatable bonds is 6. The van der Waals surface area contributed by atoms with Gasteiger partial charge in [-0.15, -0.1) is 11.3 Å². The number of hydrogen-bond donors (Lipinski definition) is 1. The average molecular weight is 558 g/mol. The van der Waals surface area contributed by atoms with E-state index in [1.165, 1.54) is 15.6 Å². The van der Waals surface area contributed by atoms with Crippen LogP contribution in [-0.2, 0) is 10.0 Å². The summed E-state index contributed by atoms with van der Waals surface area (Å²) in [5.74, 6) is -0.262. The van der Waals surface area contributed by atoms with Crippen LogP contribution in [0.2, 0.25) is 5.02 Å². The largest absolute Gasteiger partial charge is 0.321 e. The summed E-state index contributed by atoms with van der Waals surface area (Å²) in [4.78, 5) is 16.9. The Morgan fingerprint density at radius 2 is 1.76 bits per heavy atom. The van der Waals surface area contributed by atoms with Gasteiger partial charge in [-0.25, -0.2) is 13.1 Å². The summed E-state index contributed by atoms with van der Waals surface area (Å²) in [6.07, 6.45) is 1.62. The van der Waals surface area contributed by atoms with Gasteiger partial charge in [-0.3, -0.25) is 4.79 Å². The maximum Gasteiger partial charge on any atom is 0.265 e. The van der Waals surface area contributed by atoms with Crippen LogP contribution in [0.15, 0.2) is 59.5 Å². The minimum absolute atomic E-state index is 0.0132. The van der Waals surface area contributed by atoms with Gasteiger partial charge in [0, 0.05) is 29.2 Å². The van der Waals surface area contributed by atoms with Crippen LogP contribution in [0.3, 0.4) is 0 Å². The van der Waals surface area contributed by atoms with Crippen LogP contribution in [0.4, 0.5) is 5.69 Å². The summed E-state index contributed by atoms with van der Waals surface area (Å²) >= 11 is 7.37. The van der Waals surface area contributed by atoms with Crippen LogP contribution in [0.1, 0.15) is 28.2 Å². The van der Waals surface area contributed by atoms with Gasteiger partial charge in [0.05, 0.1) is 21.2 Å². The molecule has 5 rings (SSSR count). The van der Waals surface area contributed by atoms with Crippen molar-refractivity contribution in [2.75, 3.05) is 32.5 Å². The summed E-state index contributed by atoms with van der Waals surface area (Å²) in [6, 6.07) is 15.5. The quantitative estimate of drug-likeness (QED) is 0.360. The third kappa shape index (κ3) is 5.17. The fraction of sp³-hybridized carbons (Fsp3) is 0.308. The molecule has 8 nitrogen and oxygen atoms in total. The zero-order chi connectivity index (χ0) is 26.3. The molecule has 2 aromatic heterocycles. The molecule has 37 heavy (non-hydrogen) atoms. The van der Waals surface area contributed by atoms with Gasteiger partial charge in [0.1, 0.15) is 4.83 Å². The van der Waals surface area contributed by atoms with Crippen molar-refractivity contribution in [3.63, 3.8) is 0 Å². The number of benzene rings is 2. The first kappa shape index (κ1) is 25.9. The van der Waals surface area contributed by atoms with Gasteiger partial charge in [-0.1, -0.05) is 11.6 Å². The Bertz CT molecular complexity index is 1540. The van der Waals surface area contributed by atoms with Crippen molar-refractivity contribution in [3.8, 4) is 5.69 Å². The van der Waals surface area contributed by atoms with Gasteiger partial charge in [0.25, 0.3) is 5.91 Å². The van der Waals surface area contributed by atoms with E-state index in [2.05, 4.69) is 15.3 Å². The SMILES string of the molecule is Cc1nn(-c2ccc(Cl)cc2)c2sc(C(=O)Nc3ccc(S(=O)(=O)N(C)C4CCN(C)CC4)cc3)cc12. The maximum absolute atomic E-state index is 13.1. The number of piperidine rings is 1. The molecule has 1 amide bonds. The number of nitrogens with one attached hydrogen (secondary N) is 1. The molecule has 1 fully saturated rings. The minimum Gasteiger partial charge on any atom is -0.321 e. The van der Waals surface area contributed by atoms with E-state index in [9.17, 15) is 13.2 Å². The van der Waals surface area contributed by atoms with Crippen LogP contribution in [0, 0.1) is 6.92 Å². The van der Waals surface area contributed by atoms with Crippen molar-refractivity contribution in [1.82, 2.24) is 19.0 Å². The number of fused-ring (bicyclic) bond motifs is 1. The van der Waals surface area contributed by atoms with E-state index in [1.54, 1.807) is 43.4 Å². The van der Waals surface area contributed by atoms with Crippen molar-refractivity contribution in [1.29, 1.82) is 0 Å². The molecule has 1 aliphatic rings. The fourth-order valence-corrected chi connectivity index (χ4v) is 7.16. The lowest BCUT2D eigenvalue weighted by Gasteiger charge is -2.34. The highest BCUT2D eigenvalue weighted by Crippen LogP contribution is 2.31. The number of thiophene rings is 1. The molecule has 1 aliphatic heterocycles. The summed E-state index contributed by atoms with van der Waals surface area (Å²) in [5.41, 5.74) is 2.21. The smallest absolute Gasteiger partial charge is 0.265 e. The number of carbonyl (C=O) groups excluding carboxylic acids is 1. The molecule has 0 spiro atoms. The number of aryl methyl sites for hydroxylation is 1. The first-order chi connectivity index (χ1) is 17.6. The lowest BCUT2D eigenvalue weighted by molar-refractivity contribution is 0.103. The van der Waals surface area contributed by atoms with Crippen molar-refractivity contribution in [3.05, 3.63) is 70.2 Å². The van der Waals surface area contributed by atoms with Crippen molar-refractivity contribution in [2.45, 2.75) is 30.7 Å². The van der Waals surface area contributed by atoms with E-state index < -0.39 is 10.0 Å². The van der Waals surface area contributed by atoms with Crippen molar-refractivity contribution in [2.24, 2.45) is 0 Å². The van der Waals surface area contributed by atoms with E-state index >= 15 is 0 Å². The second kappa shape index (κ2) is 10.2. The van der Waals surface area contributed by atoms with Crippen LogP contribution < -0.4 is 5.32 Å². The maximum atomic E-state index is 13.1. The number of sulfonamides is 1. The fourth-order valence-electron chi connectivity index (χ4n) is 4.54. The number of aromatic nitrogens is 2. The van der Waals surface area contributed by atoms with Gasteiger partial charge in [-0.2, -0.15) is 9.40 Å². The number of hydrogen-bond acceptors (Lipinski definition) is 6. The Morgan fingerprint density at radius 1 is 1.11 bits per heavy atom. The van der Waals surface area contributed by atoms with Crippen LogP contribution in [0.5, 0.6) is 0 Å². The van der Waals surface area contributed by atoms with Gasteiger partial charge in [0.2, 0.25) is 10.0 Å². The highest BCUT2D eigenvalue weighted by Gasteiger charge is 2.30. The highest BCUT2D eigenvalue weighted by molar-refractivity contribution is 7.89. The molecule has 1 N–H and O–H groups in total. The number of amides is 1. The van der Waals surface area contributed by atoms with Crippen molar-refractivity contribution >= 4 is 54.8 Å². The third-order valence-corrected chi connectivity index (χ3v) is 10.1. The first-order valence-electron chi connectivity index (χ1n) is 12.0. The monoisotopic (exact) mass is 557 g/mol. The standard InChI is InChI=1S/C26H28ClN5O3S2/c1-17-23-16-24(36-26(23)32(29-17)21-8-4-18(27)5-9-21)25(33)28-19-6-10-22(11-7-19)37(34,35)31(3)20-12-14-30(2)15-13-20/h4-11,16,20H,12-15H2,1-3H3,(H,28,33). The lowest BCUT2D eigenvalue weighted by atomic mass is 10.1. The molecule has 2 aromatic carbocycles. The Morgan fingerprint density at radius 3 is 2.41 bits per heavy atom. The molecule has 3 heterocycles. The zero-order valence-electron chi connectivity index (χ0n) is 20.8. The second-order valence-corrected chi connectivity index (χ2v) is 12.8. The molecule has 11 heteroatoms. The molecule has 0 saturated carbocycles. The highest BCUT2D eigenvalue weighted by atomic mass is 35.5. The van der Waals surface area contributed by atoms with Crippen molar-refractivity contribution < 1.29 is 13.2 Å². The molecular weight excluding hydrogens is 530 g/mol. The molecule has 194 valence electrons. The topological polar surface area (TPSA) is 87.5 Å². The number of carbonyl (C=O) groups is 1. The van der Waals surface area contributed by atoms with Crippen LogP contribution >= 0.6 is 22.9 Å². The summed E-state index contributed by atoms with van der Waals surface area (Å²) in [7, 11) is 0.0803. The van der Waals surface area contributed by atoms with E-state index in [4.69, 9.17) is 11.6 Å². The number of likely N-dealkylation sites (tertiary alicyclic amines) is 1. The van der Waals surface area contributed by atoms with E-state index in [-0.39, 0.29) is 16.8 Å². The minimum atomic E-state index is -3.62. The number of anilines is 1. The van der Waals surface area contributed by atoms with E-state index in [0.717, 1.165) is 47.5 Å². The van der Waals surface area contributed by atoms with Gasteiger partial charge in [0.15, 0.2) is 0 Å². The first-order valence-corrected chi connectivity index (χ1v) is 14.6. The molecule has 0 aliphatic carbocycles. The van der Waals surface area contributed by atoms with Gasteiger partial charge in [-0.05, 0) is 94.5 Å². The predicted molar refractivity (Wildman–Crippen MR) is 149 cm³/mol. The molecule has 0 radical (unpaired) electrons. The summed E-state index contributed by atoms with van der Waals surface area (Å²) < 4.78 is 29.6. The Kier molecular flexibility index (Phi) is 7.12. The second-order valence-electron chi connectivity index (χ2n) is 9.34. The average Bonchev–Trinajstić information content (AvgIpc) is 3.46. The van der Waals surface area contributed by atoms with Crippen LogP contribution in [0.25, 0.3) is 15.9 Å². The number of halogens is 1. The number of nitrogens with zero attached hydrogens (tertiary/aromatic N) is 4. The molecule has 0 bridgehead atoms. The molecular formula is C26H28ClN5O3S2. The Labute approximate surface area is 225 Å². The third-order valence-electron chi connectivity index (χ3n) is 6.83. The Balaban J connectivity index is 1.32. The lowest BCUT2D eigenvalue weighted by Crippen LogP contribution is -2.44. The molecule has 0 atom stereocenters. The summed E-state index contributed by atoms with van der Waals surface area (Å²) in [5, 5.41) is 9.04. The summed E-state index contributed by atoms with van der Waals surface area (Å²) in [6.45, 7) is 3.67. The predicted octanol–water partition coefficient (Wildman–Crippen LogP) is 5.02. The van der Waals surface area contributed by atoms with E-state index in [0.29, 0.717) is 15.6 Å². The van der Waals surface area contributed by atoms with Gasteiger partial charge >= 0.3 is 0 Å². The molecule has 0 unspecified atom stereocenters. The Hall–Kier alpha value is -2.76. The van der Waals surface area contributed by atoms with E-state index in [1.807, 2.05) is 36.9 Å². The van der Waals surface area contributed by atoms with Gasteiger partial charge < -0.3 is 10.2 Å². The molecule has 4 aromatic rings. The van der Waals surface area contributed by atoms with Crippen LogP contribution in [-0.4, -0.2) is 66.5 Å². The molecule has 1 saturated heterocycles. The zero-order valence-corrected chi connectivity index (χ0v) is 23.2. The normalized spacial score (nSPS) is 15.5.